The van der Waals surface area contributed by atoms with E-state index in [-0.39, 0.29) is 25.3 Å². The van der Waals surface area contributed by atoms with Gasteiger partial charge in [-0.15, -0.1) is 17.9 Å². The monoisotopic (exact) mass is 358 g/mol. The second-order valence-electron chi connectivity index (χ2n) is 5.89. The number of rotatable bonds is 5. The number of hydroxylamine groups is 2. The Morgan fingerprint density at radius 1 is 1.44 bits per heavy atom. The van der Waals surface area contributed by atoms with Crippen molar-refractivity contribution < 1.29 is 19.2 Å². The second-order valence-corrected chi connectivity index (χ2v) is 6.98. The van der Waals surface area contributed by atoms with Crippen molar-refractivity contribution in [1.82, 2.24) is 9.96 Å². The molecule has 2 amide bonds. The fourth-order valence-corrected chi connectivity index (χ4v) is 4.83. The lowest BCUT2D eigenvalue weighted by atomic mass is 9.95. The summed E-state index contributed by atoms with van der Waals surface area (Å²) in [6.45, 7) is 6.32. The maximum atomic E-state index is 12.8. The molecule has 0 saturated carbocycles. The minimum atomic E-state index is -0.729. The molecule has 0 radical (unpaired) electrons. The van der Waals surface area contributed by atoms with Gasteiger partial charge in [0.1, 0.15) is 6.04 Å². The number of carbonyl (C=O) groups excluding carboxylic acids is 2. The van der Waals surface area contributed by atoms with Gasteiger partial charge in [0.25, 0.3) is 0 Å². The Kier molecular flexibility index (Phi) is 3.97. The first-order valence-corrected chi connectivity index (χ1v) is 9.00. The van der Waals surface area contributed by atoms with Gasteiger partial charge in [-0.3, -0.25) is 4.84 Å². The number of fused-ring (bicyclic) bond motifs is 6. The average Bonchev–Trinajstić information content (AvgIpc) is 3.12. The summed E-state index contributed by atoms with van der Waals surface area (Å²) in [5.41, 5.74) is 0.869. The van der Waals surface area contributed by atoms with Gasteiger partial charge in [-0.2, -0.15) is 5.06 Å². The van der Waals surface area contributed by atoms with E-state index in [1.807, 2.05) is 24.3 Å². The summed E-state index contributed by atoms with van der Waals surface area (Å²) in [6.07, 6.45) is 1.60. The minimum absolute atomic E-state index is 0.217. The van der Waals surface area contributed by atoms with Crippen LogP contribution in [0.5, 0.6) is 0 Å². The van der Waals surface area contributed by atoms with E-state index in [1.54, 1.807) is 29.2 Å². The number of hydrogen-bond acceptors (Lipinski definition) is 5. The summed E-state index contributed by atoms with van der Waals surface area (Å²) >= 11 is 1.60. The van der Waals surface area contributed by atoms with Crippen molar-refractivity contribution in [3.05, 3.63) is 47.4 Å². The molecule has 1 saturated heterocycles. The topological polar surface area (TPSA) is 59.1 Å². The molecule has 1 fully saturated rings. The molecule has 2 aliphatic rings. The number of benzene rings is 1. The number of nitrogens with zero attached hydrogens (tertiary/aromatic N) is 2. The van der Waals surface area contributed by atoms with Gasteiger partial charge in [-0.25, -0.2) is 9.59 Å². The predicted molar refractivity (Wildman–Crippen MR) is 94.0 cm³/mol. The Hall–Kier alpha value is -2.38. The van der Waals surface area contributed by atoms with Crippen LogP contribution in [0.25, 0.3) is 10.1 Å². The summed E-state index contributed by atoms with van der Waals surface area (Å²) in [5.74, 6) is -0.398. The largest absolute Gasteiger partial charge is 0.464 e. The third-order valence-corrected chi connectivity index (χ3v) is 5.77. The van der Waals surface area contributed by atoms with Crippen LogP contribution in [-0.4, -0.2) is 41.7 Å². The quantitative estimate of drug-likeness (QED) is 0.607. The van der Waals surface area contributed by atoms with Crippen LogP contribution in [0.4, 0.5) is 4.79 Å². The van der Waals surface area contributed by atoms with Crippen molar-refractivity contribution in [2.24, 2.45) is 0 Å². The standard InChI is InChI=1S/C18H18N2O4S/c1-3-9-24-20-12-10-19(18(20)22)15(17(21)23-4-2)14-11-7-5-6-8-13(11)25-16(12)14/h3,5-8,12,15H,1,4,9-10H2,2H3. The Labute approximate surface area is 149 Å². The molecule has 2 aromatic rings. The maximum Gasteiger partial charge on any atom is 0.345 e. The number of amides is 2. The highest BCUT2D eigenvalue weighted by molar-refractivity contribution is 7.19. The zero-order chi connectivity index (χ0) is 17.6. The molecule has 2 unspecified atom stereocenters. The van der Waals surface area contributed by atoms with Crippen molar-refractivity contribution in [3.63, 3.8) is 0 Å². The molecule has 130 valence electrons. The van der Waals surface area contributed by atoms with Crippen molar-refractivity contribution in [2.75, 3.05) is 19.8 Å². The maximum absolute atomic E-state index is 12.8. The second kappa shape index (κ2) is 6.16. The van der Waals surface area contributed by atoms with E-state index in [2.05, 4.69) is 6.58 Å². The zero-order valence-electron chi connectivity index (χ0n) is 13.8. The van der Waals surface area contributed by atoms with Crippen LogP contribution >= 0.6 is 11.3 Å². The summed E-state index contributed by atoms with van der Waals surface area (Å²) < 4.78 is 6.36. The van der Waals surface area contributed by atoms with E-state index in [1.165, 1.54) is 5.06 Å². The van der Waals surface area contributed by atoms with Gasteiger partial charge in [-0.1, -0.05) is 24.3 Å². The average molecular weight is 358 g/mol. The highest BCUT2D eigenvalue weighted by Gasteiger charge is 2.53. The van der Waals surface area contributed by atoms with E-state index < -0.39 is 12.0 Å². The fraction of sp³-hybridized carbons (Fsp3) is 0.333. The van der Waals surface area contributed by atoms with Gasteiger partial charge in [0, 0.05) is 15.1 Å². The molecule has 2 atom stereocenters. The van der Waals surface area contributed by atoms with Crippen molar-refractivity contribution in [3.8, 4) is 0 Å². The van der Waals surface area contributed by atoms with Crippen LogP contribution in [0.1, 0.15) is 29.4 Å². The SMILES string of the molecule is C=CCON1C(=O)N2CC1c1sc3ccccc3c1C2C(=O)OCC. The molecule has 0 spiro atoms. The van der Waals surface area contributed by atoms with E-state index >= 15 is 0 Å². The van der Waals surface area contributed by atoms with Gasteiger partial charge in [0.2, 0.25) is 0 Å². The van der Waals surface area contributed by atoms with E-state index in [0.717, 1.165) is 20.5 Å². The van der Waals surface area contributed by atoms with Gasteiger partial charge < -0.3 is 9.64 Å². The molecule has 0 N–H and O–H groups in total. The Morgan fingerprint density at radius 2 is 2.24 bits per heavy atom. The molecule has 3 heterocycles. The molecule has 6 nitrogen and oxygen atoms in total. The third-order valence-electron chi connectivity index (χ3n) is 4.48. The van der Waals surface area contributed by atoms with Gasteiger partial charge in [0.05, 0.1) is 19.8 Å². The summed E-state index contributed by atoms with van der Waals surface area (Å²) in [5, 5.41) is 2.36. The lowest BCUT2D eigenvalue weighted by Crippen LogP contribution is -2.39. The summed E-state index contributed by atoms with van der Waals surface area (Å²) in [6, 6.07) is 6.68. The van der Waals surface area contributed by atoms with Crippen LogP contribution in [0.2, 0.25) is 0 Å². The first kappa shape index (κ1) is 16.1. The first-order valence-electron chi connectivity index (χ1n) is 8.19. The Bertz CT molecular complexity index is 862. The normalized spacial score (nSPS) is 21.6. The van der Waals surface area contributed by atoms with Gasteiger partial charge in [0.15, 0.2) is 6.04 Å². The molecule has 25 heavy (non-hydrogen) atoms. The van der Waals surface area contributed by atoms with Gasteiger partial charge >= 0.3 is 12.0 Å². The van der Waals surface area contributed by atoms with Crippen molar-refractivity contribution in [2.45, 2.75) is 19.0 Å². The number of ether oxygens (including phenoxy) is 1. The van der Waals surface area contributed by atoms with E-state index in [4.69, 9.17) is 9.57 Å². The van der Waals surface area contributed by atoms with Crippen molar-refractivity contribution >= 4 is 33.4 Å². The lowest BCUT2D eigenvalue weighted by Gasteiger charge is -2.29. The molecule has 7 heteroatoms. The highest BCUT2D eigenvalue weighted by Crippen LogP contribution is 2.50. The molecular formula is C18H18N2O4S. The molecule has 1 aromatic heterocycles. The molecule has 4 rings (SSSR count). The van der Waals surface area contributed by atoms with Crippen LogP contribution < -0.4 is 0 Å². The molecule has 0 aliphatic carbocycles. The van der Waals surface area contributed by atoms with Gasteiger partial charge in [-0.05, 0) is 18.4 Å². The smallest absolute Gasteiger partial charge is 0.345 e. The van der Waals surface area contributed by atoms with Crippen LogP contribution in [-0.2, 0) is 14.4 Å². The van der Waals surface area contributed by atoms with Crippen molar-refractivity contribution in [1.29, 1.82) is 0 Å². The number of esters is 1. The first-order chi connectivity index (χ1) is 12.2. The Morgan fingerprint density at radius 3 is 3.00 bits per heavy atom. The molecular weight excluding hydrogens is 340 g/mol. The number of thiophene rings is 1. The molecule has 1 aromatic carbocycles. The minimum Gasteiger partial charge on any atom is -0.464 e. The molecule has 2 bridgehead atoms. The predicted octanol–water partition coefficient (Wildman–Crippen LogP) is 3.42. The Balaban J connectivity index is 1.87. The third kappa shape index (κ3) is 2.34. The number of hydrogen-bond donors (Lipinski definition) is 0. The van der Waals surface area contributed by atoms with Crippen LogP contribution in [0, 0.1) is 0 Å². The fourth-order valence-electron chi connectivity index (χ4n) is 3.52. The van der Waals surface area contributed by atoms with E-state index in [0.29, 0.717) is 6.54 Å². The van der Waals surface area contributed by atoms with Crippen LogP contribution in [0.3, 0.4) is 0 Å². The number of urea groups is 1. The zero-order valence-corrected chi connectivity index (χ0v) is 14.6. The highest BCUT2D eigenvalue weighted by atomic mass is 32.1. The lowest BCUT2D eigenvalue weighted by molar-refractivity contribution is -0.148. The molecule has 2 aliphatic heterocycles. The summed E-state index contributed by atoms with van der Waals surface area (Å²) in [4.78, 5) is 33.6. The van der Waals surface area contributed by atoms with E-state index in [9.17, 15) is 9.59 Å². The van der Waals surface area contributed by atoms with Crippen LogP contribution in [0.15, 0.2) is 36.9 Å². The summed E-state index contributed by atoms with van der Waals surface area (Å²) in [7, 11) is 0. The number of carbonyl (C=O) groups is 2.